The van der Waals surface area contributed by atoms with Crippen LogP contribution in [0, 0.1) is 0 Å². The van der Waals surface area contributed by atoms with Crippen molar-refractivity contribution in [1.29, 1.82) is 0 Å². The highest BCUT2D eigenvalue weighted by atomic mass is 79.9. The molecule has 0 unspecified atom stereocenters. The molecule has 1 fully saturated rings. The molecule has 158 valence electrons. The number of hydrogen-bond donors (Lipinski definition) is 2. The third-order valence-electron chi connectivity index (χ3n) is 5.53. The molecule has 2 aliphatic rings. The van der Waals surface area contributed by atoms with E-state index in [1.54, 1.807) is 6.20 Å². The molecule has 2 aliphatic heterocycles. The molecular formula is C23H24BrN7. The van der Waals surface area contributed by atoms with Crippen molar-refractivity contribution in [2.24, 2.45) is 4.99 Å². The molecule has 0 saturated carbocycles. The summed E-state index contributed by atoms with van der Waals surface area (Å²) < 4.78 is 0.740. The van der Waals surface area contributed by atoms with E-state index < -0.39 is 0 Å². The van der Waals surface area contributed by atoms with Crippen molar-refractivity contribution in [3.05, 3.63) is 60.8 Å². The van der Waals surface area contributed by atoms with E-state index in [1.807, 2.05) is 35.3 Å². The summed E-state index contributed by atoms with van der Waals surface area (Å²) in [6, 6.07) is 18.7. The zero-order valence-electron chi connectivity index (χ0n) is 17.1. The summed E-state index contributed by atoms with van der Waals surface area (Å²) in [5.41, 5.74) is 8.40. The smallest absolute Gasteiger partial charge is 0.227 e. The Labute approximate surface area is 190 Å². The van der Waals surface area contributed by atoms with E-state index in [0.717, 1.165) is 40.5 Å². The number of benzene rings is 2. The van der Waals surface area contributed by atoms with Crippen LogP contribution in [0.5, 0.6) is 0 Å². The molecule has 2 N–H and O–H groups in total. The van der Waals surface area contributed by atoms with Gasteiger partial charge in [0.15, 0.2) is 4.74 Å². The highest BCUT2D eigenvalue weighted by molar-refractivity contribution is 9.18. The second kappa shape index (κ2) is 8.93. The van der Waals surface area contributed by atoms with Crippen molar-refractivity contribution in [3.8, 4) is 11.3 Å². The van der Waals surface area contributed by atoms with Gasteiger partial charge in [0.05, 0.1) is 11.4 Å². The number of rotatable bonds is 5. The summed E-state index contributed by atoms with van der Waals surface area (Å²) in [4.78, 5) is 15.9. The molecule has 0 amide bonds. The number of nitrogens with one attached hydrogen (secondary N) is 2. The number of amidine groups is 1. The molecule has 3 heterocycles. The Bertz CT molecular complexity index is 1080. The minimum absolute atomic E-state index is 0.578. The molecule has 0 aliphatic carbocycles. The van der Waals surface area contributed by atoms with E-state index in [4.69, 9.17) is 4.98 Å². The van der Waals surface area contributed by atoms with E-state index in [9.17, 15) is 0 Å². The summed E-state index contributed by atoms with van der Waals surface area (Å²) in [6.45, 7) is 2.84. The fourth-order valence-corrected chi connectivity index (χ4v) is 4.23. The first-order valence-electron chi connectivity index (χ1n) is 10.5. The molecule has 2 aromatic carbocycles. The largest absolute Gasteiger partial charge is 0.372 e. The molecule has 7 nitrogen and oxygen atoms in total. The average Bonchev–Trinajstić information content (AvgIpc) is 3.27. The van der Waals surface area contributed by atoms with E-state index in [0.29, 0.717) is 12.6 Å². The van der Waals surface area contributed by atoms with Gasteiger partial charge in [-0.05, 0) is 77.7 Å². The van der Waals surface area contributed by atoms with Gasteiger partial charge in [0.25, 0.3) is 0 Å². The van der Waals surface area contributed by atoms with Gasteiger partial charge in [0.2, 0.25) is 5.95 Å². The van der Waals surface area contributed by atoms with Crippen LogP contribution < -0.4 is 20.7 Å². The summed E-state index contributed by atoms with van der Waals surface area (Å²) in [5, 5.41) is 5.27. The van der Waals surface area contributed by atoms with Gasteiger partial charge < -0.3 is 10.2 Å². The molecule has 0 bridgehead atoms. The molecule has 0 radical (unpaired) electrons. The quantitative estimate of drug-likeness (QED) is 0.508. The molecule has 5 rings (SSSR count). The third-order valence-corrected chi connectivity index (χ3v) is 5.96. The fraction of sp³-hybridized carbons (Fsp3) is 0.261. The van der Waals surface area contributed by atoms with Crippen molar-refractivity contribution >= 4 is 43.7 Å². The minimum atomic E-state index is 0.578. The van der Waals surface area contributed by atoms with Crippen LogP contribution in [0.1, 0.15) is 19.3 Å². The Hall–Kier alpha value is -3.13. The maximum atomic E-state index is 4.75. The van der Waals surface area contributed by atoms with Gasteiger partial charge in [-0.2, -0.15) is 0 Å². The first-order valence-corrected chi connectivity index (χ1v) is 11.3. The summed E-state index contributed by atoms with van der Waals surface area (Å²) in [5.74, 6) is 0.582. The van der Waals surface area contributed by atoms with Gasteiger partial charge in [0.1, 0.15) is 6.67 Å². The van der Waals surface area contributed by atoms with Gasteiger partial charge >= 0.3 is 0 Å². The van der Waals surface area contributed by atoms with E-state index in [-0.39, 0.29) is 0 Å². The van der Waals surface area contributed by atoms with Crippen LogP contribution in [0.3, 0.4) is 0 Å². The lowest BCUT2D eigenvalue weighted by Gasteiger charge is -2.29. The van der Waals surface area contributed by atoms with E-state index in [2.05, 4.69) is 65.8 Å². The lowest BCUT2D eigenvalue weighted by Crippen LogP contribution is -2.33. The van der Waals surface area contributed by atoms with Crippen LogP contribution in [0.25, 0.3) is 11.3 Å². The maximum absolute atomic E-state index is 4.75. The van der Waals surface area contributed by atoms with Gasteiger partial charge in [-0.3, -0.25) is 10.4 Å². The molecule has 31 heavy (non-hydrogen) atoms. The number of hydrazine groups is 1. The van der Waals surface area contributed by atoms with Gasteiger partial charge in [-0.1, -0.05) is 12.1 Å². The number of anilines is 4. The number of nitrogens with zero attached hydrogens (tertiary/aromatic N) is 5. The first kappa shape index (κ1) is 19.8. The van der Waals surface area contributed by atoms with Crippen LogP contribution in [-0.4, -0.2) is 34.5 Å². The van der Waals surface area contributed by atoms with Gasteiger partial charge in [-0.15, -0.1) is 0 Å². The first-order chi connectivity index (χ1) is 15.2. The normalized spacial score (nSPS) is 16.1. The van der Waals surface area contributed by atoms with Gasteiger partial charge in [0, 0.05) is 36.2 Å². The predicted octanol–water partition coefficient (Wildman–Crippen LogP) is 4.91. The number of aliphatic imine (C=N–C) groups is 1. The second-order valence-electron chi connectivity index (χ2n) is 7.67. The monoisotopic (exact) mass is 477 g/mol. The number of piperidine rings is 1. The predicted molar refractivity (Wildman–Crippen MR) is 130 cm³/mol. The Morgan fingerprint density at radius 1 is 0.935 bits per heavy atom. The highest BCUT2D eigenvalue weighted by Crippen LogP contribution is 2.27. The Balaban J connectivity index is 1.30. The molecule has 8 heteroatoms. The molecule has 0 atom stereocenters. The minimum Gasteiger partial charge on any atom is -0.372 e. The summed E-state index contributed by atoms with van der Waals surface area (Å²) in [6.07, 6.45) is 5.67. The fourth-order valence-electron chi connectivity index (χ4n) is 3.91. The molecule has 1 aromatic heterocycles. The third kappa shape index (κ3) is 4.64. The topological polar surface area (TPSA) is 68.7 Å². The summed E-state index contributed by atoms with van der Waals surface area (Å²) in [7, 11) is 0. The van der Waals surface area contributed by atoms with Crippen molar-refractivity contribution in [3.63, 3.8) is 0 Å². The Morgan fingerprint density at radius 2 is 1.77 bits per heavy atom. The van der Waals surface area contributed by atoms with E-state index >= 15 is 0 Å². The van der Waals surface area contributed by atoms with Crippen LogP contribution >= 0.6 is 15.9 Å². The second-order valence-corrected chi connectivity index (χ2v) is 8.42. The number of hydrogen-bond acceptors (Lipinski definition) is 7. The molecular weight excluding hydrogens is 454 g/mol. The van der Waals surface area contributed by atoms with E-state index in [1.165, 1.54) is 24.9 Å². The standard InChI is InChI=1S/C23H24BrN7/c24-22-26-16-31(29-22)19-9-7-18(8-10-19)27-23-25-12-11-21(28-23)17-5-4-6-20(15-17)30-13-2-1-3-14-30/h4-12,15H,1-3,13-14,16H2,(H,26,29)(H,25,27,28). The van der Waals surface area contributed by atoms with Crippen LogP contribution in [-0.2, 0) is 0 Å². The average molecular weight is 478 g/mol. The van der Waals surface area contributed by atoms with Gasteiger partial charge in [-0.25, -0.2) is 15.0 Å². The molecule has 3 aromatic rings. The van der Waals surface area contributed by atoms with Crippen molar-refractivity contribution in [2.75, 3.05) is 35.0 Å². The lowest BCUT2D eigenvalue weighted by atomic mass is 10.1. The Kier molecular flexibility index (Phi) is 5.71. The zero-order valence-corrected chi connectivity index (χ0v) is 18.7. The molecule has 1 saturated heterocycles. The molecule has 0 spiro atoms. The van der Waals surface area contributed by atoms with Crippen molar-refractivity contribution in [1.82, 2.24) is 15.4 Å². The zero-order chi connectivity index (χ0) is 21.0. The summed E-state index contributed by atoms with van der Waals surface area (Å²) >= 11 is 3.35. The maximum Gasteiger partial charge on any atom is 0.227 e. The van der Waals surface area contributed by atoms with Crippen molar-refractivity contribution in [2.45, 2.75) is 19.3 Å². The number of aromatic nitrogens is 2. The van der Waals surface area contributed by atoms with Crippen LogP contribution in [0.15, 0.2) is 65.8 Å². The van der Waals surface area contributed by atoms with Crippen molar-refractivity contribution < 1.29 is 0 Å². The van der Waals surface area contributed by atoms with Crippen LogP contribution in [0.2, 0.25) is 0 Å². The number of halogens is 1. The van der Waals surface area contributed by atoms with Crippen LogP contribution in [0.4, 0.5) is 23.0 Å². The lowest BCUT2D eigenvalue weighted by molar-refractivity contribution is 0.578. The SMILES string of the molecule is BrC1=NCN(c2ccc(Nc3nccc(-c4cccc(N5CCCCC5)c4)n3)cc2)N1. The highest BCUT2D eigenvalue weighted by Gasteiger charge is 2.14. The Morgan fingerprint density at radius 3 is 2.55 bits per heavy atom.